The van der Waals surface area contributed by atoms with Gasteiger partial charge in [-0.05, 0) is 18.2 Å². The number of halogens is 2. The van der Waals surface area contributed by atoms with Crippen molar-refractivity contribution in [1.29, 1.82) is 0 Å². The third-order valence-electron chi connectivity index (χ3n) is 1.69. The molecule has 0 unspecified atom stereocenters. The van der Waals surface area contributed by atoms with E-state index >= 15 is 0 Å². The molecule has 0 N–H and O–H groups in total. The van der Waals surface area contributed by atoms with Crippen molar-refractivity contribution in [2.75, 3.05) is 0 Å². The van der Waals surface area contributed by atoms with Gasteiger partial charge in [0.05, 0.1) is 0 Å². The van der Waals surface area contributed by atoms with E-state index < -0.39 is 6.55 Å². The molecular weight excluding hydrogens is 162 g/mol. The Morgan fingerprint density at radius 1 is 1.33 bits per heavy atom. The van der Waals surface area contributed by atoms with Crippen molar-refractivity contribution in [2.24, 2.45) is 0 Å². The van der Waals surface area contributed by atoms with Crippen molar-refractivity contribution in [3.8, 4) is 0 Å². The number of nitrogens with zero attached hydrogens (tertiary/aromatic N) is 2. The van der Waals surface area contributed by atoms with Crippen LogP contribution in [-0.4, -0.2) is 9.55 Å². The summed E-state index contributed by atoms with van der Waals surface area (Å²) >= 11 is 0. The average molecular weight is 168 g/mol. The van der Waals surface area contributed by atoms with Crippen LogP contribution < -0.4 is 0 Å². The number of rotatable bonds is 1. The highest BCUT2D eigenvalue weighted by Crippen LogP contribution is 2.18. The first-order valence-electron chi connectivity index (χ1n) is 3.49. The van der Waals surface area contributed by atoms with Gasteiger partial charge in [-0.15, -0.1) is 0 Å². The van der Waals surface area contributed by atoms with Crippen molar-refractivity contribution in [3.05, 3.63) is 30.6 Å². The Morgan fingerprint density at radius 3 is 2.92 bits per heavy atom. The highest BCUT2D eigenvalue weighted by molar-refractivity contribution is 5.75. The predicted molar refractivity (Wildman–Crippen MR) is 41.0 cm³/mol. The second-order valence-corrected chi connectivity index (χ2v) is 2.42. The topological polar surface area (TPSA) is 17.8 Å². The van der Waals surface area contributed by atoms with E-state index in [1.54, 1.807) is 18.2 Å². The Kier molecular flexibility index (Phi) is 1.53. The monoisotopic (exact) mass is 168 g/mol. The molecule has 0 aliphatic carbocycles. The molecule has 2 rings (SSSR count). The Labute approximate surface area is 67.4 Å². The molecule has 2 heterocycles. The van der Waals surface area contributed by atoms with E-state index in [9.17, 15) is 8.78 Å². The fourth-order valence-corrected chi connectivity index (χ4v) is 1.14. The molecule has 0 aliphatic heterocycles. The summed E-state index contributed by atoms with van der Waals surface area (Å²) in [4.78, 5) is 3.85. The number of pyridine rings is 1. The molecule has 4 heteroatoms. The summed E-state index contributed by atoms with van der Waals surface area (Å²) < 4.78 is 25.3. The van der Waals surface area contributed by atoms with Crippen molar-refractivity contribution in [3.63, 3.8) is 0 Å². The summed E-state index contributed by atoms with van der Waals surface area (Å²) in [5.41, 5.74) is 0.326. The molecule has 12 heavy (non-hydrogen) atoms. The standard InChI is InChI=1S/C8H6F2N2/c9-8(10)12-5-3-6-2-1-4-11-7(6)12/h1-5,8H. The zero-order chi connectivity index (χ0) is 8.55. The molecule has 0 aromatic carbocycles. The Balaban J connectivity index is 2.70. The molecule has 0 atom stereocenters. The van der Waals surface area contributed by atoms with Gasteiger partial charge in [-0.2, -0.15) is 8.78 Å². The fourth-order valence-electron chi connectivity index (χ4n) is 1.14. The van der Waals surface area contributed by atoms with E-state index in [4.69, 9.17) is 0 Å². The average Bonchev–Trinajstić information content (AvgIpc) is 2.47. The Morgan fingerprint density at radius 2 is 2.17 bits per heavy atom. The maximum Gasteiger partial charge on any atom is 0.320 e. The number of alkyl halides is 2. The first-order chi connectivity index (χ1) is 5.79. The summed E-state index contributed by atoms with van der Waals surface area (Å²) in [7, 11) is 0. The minimum atomic E-state index is -2.52. The van der Waals surface area contributed by atoms with E-state index in [-0.39, 0.29) is 0 Å². The van der Waals surface area contributed by atoms with Gasteiger partial charge < -0.3 is 0 Å². The summed E-state index contributed by atoms with van der Waals surface area (Å²) in [5.74, 6) is 0. The fraction of sp³-hybridized carbons (Fsp3) is 0.125. The van der Waals surface area contributed by atoms with Gasteiger partial charge >= 0.3 is 6.55 Å². The lowest BCUT2D eigenvalue weighted by Gasteiger charge is -2.00. The number of fused-ring (bicyclic) bond motifs is 1. The van der Waals surface area contributed by atoms with Gasteiger partial charge in [0, 0.05) is 17.8 Å². The molecule has 0 radical (unpaired) electrons. The van der Waals surface area contributed by atoms with Gasteiger partial charge in [-0.1, -0.05) is 0 Å². The molecule has 0 spiro atoms. The molecule has 0 saturated carbocycles. The summed E-state index contributed by atoms with van der Waals surface area (Å²) in [5, 5.41) is 0.734. The lowest BCUT2D eigenvalue weighted by molar-refractivity contribution is 0.0746. The largest absolute Gasteiger partial charge is 0.320 e. The van der Waals surface area contributed by atoms with Gasteiger partial charge in [0.25, 0.3) is 0 Å². The molecule has 0 amide bonds. The molecule has 0 saturated heterocycles. The second-order valence-electron chi connectivity index (χ2n) is 2.42. The zero-order valence-electron chi connectivity index (χ0n) is 6.11. The van der Waals surface area contributed by atoms with Crippen LogP contribution in [-0.2, 0) is 0 Å². The Hall–Kier alpha value is -1.45. The van der Waals surface area contributed by atoms with Crippen LogP contribution in [0.1, 0.15) is 6.55 Å². The highest BCUT2D eigenvalue weighted by Gasteiger charge is 2.08. The number of hydrogen-bond acceptors (Lipinski definition) is 1. The van der Waals surface area contributed by atoms with Crippen LogP contribution in [0.15, 0.2) is 30.6 Å². The highest BCUT2D eigenvalue weighted by atomic mass is 19.3. The molecule has 2 aromatic rings. The third kappa shape index (κ3) is 0.958. The predicted octanol–water partition coefficient (Wildman–Crippen LogP) is 2.43. The van der Waals surface area contributed by atoms with Crippen LogP contribution >= 0.6 is 0 Å². The minimum Gasteiger partial charge on any atom is -0.275 e. The summed E-state index contributed by atoms with van der Waals surface area (Å²) in [6.07, 6.45) is 2.84. The van der Waals surface area contributed by atoms with Gasteiger partial charge in [-0.3, -0.25) is 4.57 Å². The lowest BCUT2D eigenvalue weighted by atomic mass is 10.3. The van der Waals surface area contributed by atoms with Crippen LogP contribution in [0.5, 0.6) is 0 Å². The van der Waals surface area contributed by atoms with E-state index in [0.29, 0.717) is 5.65 Å². The molecule has 0 bridgehead atoms. The quantitative estimate of drug-likeness (QED) is 0.639. The van der Waals surface area contributed by atoms with Crippen LogP contribution in [0, 0.1) is 0 Å². The molecule has 2 nitrogen and oxygen atoms in total. The number of hydrogen-bond donors (Lipinski definition) is 0. The van der Waals surface area contributed by atoms with Crippen molar-refractivity contribution >= 4 is 11.0 Å². The lowest BCUT2D eigenvalue weighted by Crippen LogP contribution is -1.96. The first-order valence-corrected chi connectivity index (χ1v) is 3.49. The summed E-state index contributed by atoms with van der Waals surface area (Å²) in [6, 6.07) is 5.09. The van der Waals surface area contributed by atoms with E-state index in [1.807, 2.05) is 0 Å². The van der Waals surface area contributed by atoms with Crippen molar-refractivity contribution in [2.45, 2.75) is 6.55 Å². The van der Waals surface area contributed by atoms with E-state index in [0.717, 1.165) is 9.95 Å². The molecule has 0 fully saturated rings. The van der Waals surface area contributed by atoms with Gasteiger partial charge in [-0.25, -0.2) is 4.98 Å². The molecular formula is C8H6F2N2. The first kappa shape index (κ1) is 7.21. The SMILES string of the molecule is FC(F)n1ccc2cccnc21. The van der Waals surface area contributed by atoms with E-state index in [2.05, 4.69) is 4.98 Å². The van der Waals surface area contributed by atoms with Gasteiger partial charge in [0.2, 0.25) is 0 Å². The maximum atomic E-state index is 12.3. The normalized spacial score (nSPS) is 11.2. The molecule has 0 aliphatic rings. The van der Waals surface area contributed by atoms with Gasteiger partial charge in [0.1, 0.15) is 5.65 Å². The minimum absolute atomic E-state index is 0.326. The second kappa shape index (κ2) is 2.55. The maximum absolute atomic E-state index is 12.3. The van der Waals surface area contributed by atoms with E-state index in [1.165, 1.54) is 12.4 Å². The smallest absolute Gasteiger partial charge is 0.275 e. The zero-order valence-corrected chi connectivity index (χ0v) is 6.11. The molecule has 2 aromatic heterocycles. The van der Waals surface area contributed by atoms with Crippen molar-refractivity contribution in [1.82, 2.24) is 9.55 Å². The van der Waals surface area contributed by atoms with Crippen molar-refractivity contribution < 1.29 is 8.78 Å². The van der Waals surface area contributed by atoms with Crippen LogP contribution in [0.3, 0.4) is 0 Å². The Bertz CT molecular complexity index is 395. The number of aromatic nitrogens is 2. The summed E-state index contributed by atoms with van der Waals surface area (Å²) in [6.45, 7) is -2.52. The third-order valence-corrected chi connectivity index (χ3v) is 1.69. The van der Waals surface area contributed by atoms with Crippen LogP contribution in [0.2, 0.25) is 0 Å². The molecule has 62 valence electrons. The van der Waals surface area contributed by atoms with Crippen LogP contribution in [0.25, 0.3) is 11.0 Å². The van der Waals surface area contributed by atoms with Crippen LogP contribution in [0.4, 0.5) is 8.78 Å². The van der Waals surface area contributed by atoms with Gasteiger partial charge in [0.15, 0.2) is 0 Å².